The minimum atomic E-state index is 0.740. The van der Waals surface area contributed by atoms with Crippen molar-refractivity contribution in [2.45, 2.75) is 6.54 Å². The van der Waals surface area contributed by atoms with Gasteiger partial charge in [0.2, 0.25) is 0 Å². The highest BCUT2D eigenvalue weighted by Gasteiger charge is 2.08. The van der Waals surface area contributed by atoms with Crippen LogP contribution in [0.25, 0.3) is 0 Å². The monoisotopic (exact) mass is 246 g/mol. The lowest BCUT2D eigenvalue weighted by molar-refractivity contribution is 0.416. The lowest BCUT2D eigenvalue weighted by Gasteiger charge is -2.22. The van der Waals surface area contributed by atoms with E-state index in [0.29, 0.717) is 0 Å². The first-order chi connectivity index (χ1) is 8.58. The topological polar surface area (TPSA) is 42.3 Å². The van der Waals surface area contributed by atoms with Gasteiger partial charge >= 0.3 is 0 Å². The molecule has 0 amide bonds. The summed E-state index contributed by atoms with van der Waals surface area (Å²) in [6, 6.07) is 8.33. The van der Waals surface area contributed by atoms with Crippen LogP contribution < -0.4 is 10.2 Å². The van der Waals surface area contributed by atoms with Crippen molar-refractivity contribution in [3.63, 3.8) is 0 Å². The predicted molar refractivity (Wildman–Crippen MR) is 75.7 cm³/mol. The second-order valence-electron chi connectivity index (χ2n) is 4.72. The highest BCUT2D eigenvalue weighted by molar-refractivity contribution is 5.60. The van der Waals surface area contributed by atoms with Crippen molar-refractivity contribution >= 4 is 5.69 Å². The Bertz CT molecular complexity index is 420. The van der Waals surface area contributed by atoms with E-state index in [2.05, 4.69) is 41.3 Å². The molecule has 0 radical (unpaired) electrons. The van der Waals surface area contributed by atoms with Gasteiger partial charge < -0.3 is 15.1 Å². The van der Waals surface area contributed by atoms with Gasteiger partial charge in [-0.2, -0.15) is 5.26 Å². The zero-order valence-electron chi connectivity index (χ0n) is 11.7. The lowest BCUT2D eigenvalue weighted by atomic mass is 10.1. The van der Waals surface area contributed by atoms with Crippen LogP contribution in [0.2, 0.25) is 0 Å². The Morgan fingerprint density at radius 3 is 2.50 bits per heavy atom. The van der Waals surface area contributed by atoms with Gasteiger partial charge in [-0.1, -0.05) is 6.07 Å². The van der Waals surface area contributed by atoms with Crippen LogP contribution in [-0.2, 0) is 6.54 Å². The van der Waals surface area contributed by atoms with Crippen molar-refractivity contribution in [2.24, 2.45) is 0 Å². The third-order valence-electron chi connectivity index (χ3n) is 2.86. The van der Waals surface area contributed by atoms with E-state index in [1.54, 1.807) is 0 Å². The van der Waals surface area contributed by atoms with E-state index in [-0.39, 0.29) is 0 Å². The predicted octanol–water partition coefficient (Wildman–Crippen LogP) is 1.28. The van der Waals surface area contributed by atoms with Gasteiger partial charge in [0.1, 0.15) is 6.07 Å². The van der Waals surface area contributed by atoms with Gasteiger partial charge in [-0.25, -0.2) is 0 Å². The van der Waals surface area contributed by atoms with Crippen molar-refractivity contribution in [2.75, 3.05) is 46.2 Å². The lowest BCUT2D eigenvalue weighted by Crippen LogP contribution is -2.29. The van der Waals surface area contributed by atoms with Crippen LogP contribution in [0.3, 0.4) is 0 Å². The fourth-order valence-corrected chi connectivity index (χ4v) is 1.79. The molecule has 1 N–H and O–H groups in total. The number of nitriles is 1. The van der Waals surface area contributed by atoms with E-state index >= 15 is 0 Å². The molecular formula is C14H22N4. The van der Waals surface area contributed by atoms with E-state index in [4.69, 9.17) is 0 Å². The number of anilines is 1. The summed E-state index contributed by atoms with van der Waals surface area (Å²) in [5.41, 5.74) is 2.88. The van der Waals surface area contributed by atoms with Crippen molar-refractivity contribution < 1.29 is 0 Å². The minimum Gasteiger partial charge on any atom is -0.372 e. The first kappa shape index (κ1) is 14.5. The average Bonchev–Trinajstić information content (AvgIpc) is 2.36. The first-order valence-electron chi connectivity index (χ1n) is 6.12. The maximum absolute atomic E-state index is 9.23. The molecule has 0 saturated heterocycles. The molecule has 4 nitrogen and oxygen atoms in total. The Morgan fingerprint density at radius 2 is 1.94 bits per heavy atom. The summed E-state index contributed by atoms with van der Waals surface area (Å²) < 4.78 is 0. The quantitative estimate of drug-likeness (QED) is 0.821. The third kappa shape index (κ3) is 4.02. The first-order valence-corrected chi connectivity index (χ1v) is 6.12. The van der Waals surface area contributed by atoms with E-state index in [0.717, 1.165) is 36.4 Å². The smallest absolute Gasteiger partial charge is 0.101 e. The fraction of sp³-hybridized carbons (Fsp3) is 0.500. The summed E-state index contributed by atoms with van der Waals surface area (Å²) in [6.45, 7) is 2.67. The number of hydrogen-bond acceptors (Lipinski definition) is 4. The van der Waals surface area contributed by atoms with E-state index in [1.165, 1.54) is 0 Å². The molecule has 0 aliphatic carbocycles. The van der Waals surface area contributed by atoms with Crippen molar-refractivity contribution in [3.8, 4) is 6.07 Å². The van der Waals surface area contributed by atoms with Crippen molar-refractivity contribution in [1.29, 1.82) is 5.26 Å². The van der Waals surface area contributed by atoms with Crippen LogP contribution >= 0.6 is 0 Å². The summed E-state index contributed by atoms with van der Waals surface area (Å²) in [4.78, 5) is 4.26. The second kappa shape index (κ2) is 7.00. The molecule has 0 bridgehead atoms. The largest absolute Gasteiger partial charge is 0.372 e. The van der Waals surface area contributed by atoms with Gasteiger partial charge in [0.25, 0.3) is 0 Å². The molecule has 0 aliphatic rings. The summed E-state index contributed by atoms with van der Waals surface area (Å²) in [5.74, 6) is 0. The van der Waals surface area contributed by atoms with Crippen LogP contribution in [0.1, 0.15) is 11.1 Å². The molecule has 98 valence electrons. The maximum Gasteiger partial charge on any atom is 0.101 e. The Kier molecular flexibility index (Phi) is 5.63. The Balaban J connectivity index is 2.85. The maximum atomic E-state index is 9.23. The van der Waals surface area contributed by atoms with Crippen LogP contribution in [0.4, 0.5) is 5.69 Å². The Morgan fingerprint density at radius 1 is 1.22 bits per heavy atom. The molecule has 0 heterocycles. The highest BCUT2D eigenvalue weighted by Crippen LogP contribution is 2.20. The summed E-state index contributed by atoms with van der Waals surface area (Å²) in [7, 11) is 8.03. The zero-order chi connectivity index (χ0) is 13.5. The van der Waals surface area contributed by atoms with E-state index in [1.807, 2.05) is 26.2 Å². The molecule has 1 aromatic carbocycles. The van der Waals surface area contributed by atoms with Gasteiger partial charge in [-0.3, -0.25) is 0 Å². The fourth-order valence-electron chi connectivity index (χ4n) is 1.79. The van der Waals surface area contributed by atoms with Crippen molar-refractivity contribution in [3.05, 3.63) is 29.3 Å². The average molecular weight is 246 g/mol. The van der Waals surface area contributed by atoms with Crippen LogP contribution in [-0.4, -0.2) is 46.2 Å². The molecule has 0 aliphatic heterocycles. The van der Waals surface area contributed by atoms with Gasteiger partial charge in [0.05, 0.1) is 11.3 Å². The van der Waals surface area contributed by atoms with Gasteiger partial charge in [-0.15, -0.1) is 0 Å². The summed E-state index contributed by atoms with van der Waals surface area (Å²) in [6.07, 6.45) is 0. The Labute approximate surface area is 110 Å². The molecular weight excluding hydrogens is 224 g/mol. The zero-order valence-corrected chi connectivity index (χ0v) is 11.7. The number of rotatable bonds is 6. The SMILES string of the molecule is CNCc1ccc(N(C)CCN(C)C)c(C#N)c1. The molecule has 0 saturated carbocycles. The second-order valence-corrected chi connectivity index (χ2v) is 4.72. The normalized spacial score (nSPS) is 10.4. The van der Waals surface area contributed by atoms with Crippen LogP contribution in [0, 0.1) is 11.3 Å². The summed E-state index contributed by atoms with van der Waals surface area (Å²) in [5, 5.41) is 12.3. The molecule has 18 heavy (non-hydrogen) atoms. The molecule has 4 heteroatoms. The van der Waals surface area contributed by atoms with Crippen LogP contribution in [0.15, 0.2) is 18.2 Å². The molecule has 0 aromatic heterocycles. The molecule has 0 unspecified atom stereocenters. The van der Waals surface area contributed by atoms with Gasteiger partial charge in [0.15, 0.2) is 0 Å². The number of nitrogens with one attached hydrogen (secondary N) is 1. The molecule has 1 aromatic rings. The van der Waals surface area contributed by atoms with Crippen molar-refractivity contribution in [1.82, 2.24) is 10.2 Å². The number of hydrogen-bond donors (Lipinski definition) is 1. The third-order valence-corrected chi connectivity index (χ3v) is 2.86. The Hall–Kier alpha value is -1.57. The number of nitrogens with zero attached hydrogens (tertiary/aromatic N) is 3. The standard InChI is InChI=1S/C14H22N4/c1-16-11-12-5-6-14(13(9-12)10-15)18(4)8-7-17(2)3/h5-6,9,16H,7-8,11H2,1-4H3. The molecule has 0 spiro atoms. The van der Waals surface area contributed by atoms with E-state index in [9.17, 15) is 5.26 Å². The molecule has 0 atom stereocenters. The number of benzene rings is 1. The van der Waals surface area contributed by atoms with Gasteiger partial charge in [-0.05, 0) is 38.8 Å². The molecule has 1 rings (SSSR count). The highest BCUT2D eigenvalue weighted by atomic mass is 15.2. The van der Waals surface area contributed by atoms with Crippen LogP contribution in [0.5, 0.6) is 0 Å². The van der Waals surface area contributed by atoms with Gasteiger partial charge in [0, 0.05) is 26.7 Å². The minimum absolute atomic E-state index is 0.740. The summed E-state index contributed by atoms with van der Waals surface area (Å²) >= 11 is 0. The molecule has 0 fully saturated rings. The number of likely N-dealkylation sites (N-methyl/N-ethyl adjacent to an activating group) is 2. The van der Waals surface area contributed by atoms with E-state index < -0.39 is 0 Å².